The predicted octanol–water partition coefficient (Wildman–Crippen LogP) is -1.31. The van der Waals surface area contributed by atoms with Crippen LogP contribution in [0.5, 0.6) is 11.5 Å². The molecule has 1 aliphatic rings. The molecule has 20 heteroatoms. The number of carbonyl (C=O) groups is 8. The van der Waals surface area contributed by atoms with Crippen LogP contribution in [0.25, 0.3) is 0 Å². The van der Waals surface area contributed by atoms with Crippen LogP contribution in [0.2, 0.25) is 0 Å². The second-order valence-electron chi connectivity index (χ2n) is 16.1. The van der Waals surface area contributed by atoms with Gasteiger partial charge in [-0.25, -0.2) is 0 Å². The lowest BCUT2D eigenvalue weighted by Crippen LogP contribution is -2.59. The average molecular weight is 933 g/mol. The van der Waals surface area contributed by atoms with E-state index >= 15 is 0 Å². The molecule has 1 aliphatic heterocycles. The van der Waals surface area contributed by atoms with E-state index in [1.807, 2.05) is 0 Å². The van der Waals surface area contributed by atoms with E-state index in [1.54, 1.807) is 84.9 Å². The van der Waals surface area contributed by atoms with E-state index in [2.05, 4.69) is 42.8 Å². The summed E-state index contributed by atoms with van der Waals surface area (Å²) in [5, 5.41) is 34.6. The molecule has 4 aromatic carbocycles. The third kappa shape index (κ3) is 16.7. The standard InChI is InChI=1S/C48H56N10O10/c49-35(23-31-15-19-33(59)20-16-31)43(63)55-37-13-7-8-14-38(56-44(64)36(50)24-32-17-21-34(60)22-18-32)46(66)52-28-42(62)54-40(26-30-11-5-2-6-12-30)48(68)58-57-47(67)39(25-29-9-3-1-4-10-29)53-41(61)27-51-45(37)65/h1-12,15-22,35-40,59-60H,13-14,23-28,49-50H2,(H,51,65)(H,52,66)(H,53,61)(H,54,62)(H,55,63)(H,56,64)(H,57,67)(H,58,68)/t35-,36-,37+,38+,39-,40-/m0/s1. The molecule has 0 saturated heterocycles. The molecule has 20 nitrogen and oxygen atoms in total. The van der Waals surface area contributed by atoms with E-state index in [0.717, 1.165) is 0 Å². The molecule has 0 fully saturated rings. The molecule has 4 aromatic rings. The Morgan fingerprint density at radius 3 is 1.22 bits per heavy atom. The molecule has 1 heterocycles. The Hall–Kier alpha value is -8.10. The molecular formula is C48H56N10O10. The molecule has 0 unspecified atom stereocenters. The van der Waals surface area contributed by atoms with Crippen molar-refractivity contribution in [2.75, 3.05) is 13.1 Å². The van der Waals surface area contributed by atoms with Crippen molar-refractivity contribution in [1.29, 1.82) is 0 Å². The number of benzene rings is 4. The Kier molecular flexibility index (Phi) is 19.1. The van der Waals surface area contributed by atoms with Gasteiger partial charge in [0.2, 0.25) is 35.4 Å². The van der Waals surface area contributed by atoms with Gasteiger partial charge in [-0.3, -0.25) is 49.2 Å². The fourth-order valence-corrected chi connectivity index (χ4v) is 6.93. The molecule has 0 aliphatic carbocycles. The Balaban J connectivity index is 1.40. The number of phenols is 2. The van der Waals surface area contributed by atoms with Crippen LogP contribution in [0.4, 0.5) is 0 Å². The first kappa shape index (κ1) is 50.9. The first-order valence-electron chi connectivity index (χ1n) is 21.8. The molecule has 6 atom stereocenters. The summed E-state index contributed by atoms with van der Waals surface area (Å²) >= 11 is 0. The number of carbonyl (C=O) groups excluding carboxylic acids is 8. The van der Waals surface area contributed by atoms with Gasteiger partial charge in [0.15, 0.2) is 0 Å². The predicted molar refractivity (Wildman–Crippen MR) is 248 cm³/mol. The van der Waals surface area contributed by atoms with E-state index in [4.69, 9.17) is 11.5 Å². The molecule has 14 N–H and O–H groups in total. The number of amides is 8. The third-order valence-corrected chi connectivity index (χ3v) is 10.7. The molecule has 8 amide bonds. The summed E-state index contributed by atoms with van der Waals surface area (Å²) in [4.78, 5) is 108. The topological polar surface area (TPSA) is 325 Å². The fraction of sp³-hybridized carbons (Fsp3) is 0.292. The van der Waals surface area contributed by atoms with Crippen molar-refractivity contribution in [3.05, 3.63) is 144 Å². The molecule has 0 radical (unpaired) electrons. The molecule has 358 valence electrons. The van der Waals surface area contributed by atoms with Gasteiger partial charge in [0.25, 0.3) is 11.8 Å². The van der Waals surface area contributed by atoms with Gasteiger partial charge < -0.3 is 53.6 Å². The Bertz CT molecular complexity index is 2240. The normalized spacial score (nSPS) is 20.0. The van der Waals surface area contributed by atoms with Gasteiger partial charge in [0.05, 0.1) is 25.2 Å². The van der Waals surface area contributed by atoms with Gasteiger partial charge in [-0.15, -0.1) is 0 Å². The molecule has 68 heavy (non-hydrogen) atoms. The number of hydrogen-bond acceptors (Lipinski definition) is 12. The van der Waals surface area contributed by atoms with Gasteiger partial charge in [-0.05, 0) is 72.2 Å². The van der Waals surface area contributed by atoms with Crippen molar-refractivity contribution in [3.8, 4) is 11.5 Å². The number of hydrazine groups is 1. The maximum Gasteiger partial charge on any atom is 0.261 e. The summed E-state index contributed by atoms with van der Waals surface area (Å²) in [6.45, 7) is -1.30. The summed E-state index contributed by atoms with van der Waals surface area (Å²) in [6, 6.07) is 21.9. The number of aromatic hydroxyl groups is 2. The minimum atomic E-state index is -1.33. The van der Waals surface area contributed by atoms with Crippen LogP contribution >= 0.6 is 0 Å². The lowest BCUT2D eigenvalue weighted by molar-refractivity contribution is -0.134. The van der Waals surface area contributed by atoms with E-state index in [0.29, 0.717) is 22.3 Å². The zero-order chi connectivity index (χ0) is 49.0. The zero-order valence-corrected chi connectivity index (χ0v) is 37.0. The van der Waals surface area contributed by atoms with Crippen molar-refractivity contribution in [2.45, 2.75) is 74.8 Å². The molecule has 0 bridgehead atoms. The quantitative estimate of drug-likeness (QED) is 0.0738. The third-order valence-electron chi connectivity index (χ3n) is 10.7. The largest absolute Gasteiger partial charge is 0.508 e. The van der Waals surface area contributed by atoms with Crippen LogP contribution in [0.3, 0.4) is 0 Å². The SMILES string of the molecule is N[C@@H](Cc1ccc(O)cc1)C(=O)N[C@@H]1CC=CC[C@@H](NC(=O)[C@@H](N)Cc2ccc(O)cc2)C(=O)NCC(=O)N[C@@H](Cc2ccccc2)C(=O)NNC(=O)[C@H](Cc2ccccc2)NC(=O)CNC1=O. The lowest BCUT2D eigenvalue weighted by atomic mass is 10.0. The van der Waals surface area contributed by atoms with Crippen LogP contribution in [-0.2, 0) is 64.0 Å². The van der Waals surface area contributed by atoms with Gasteiger partial charge in [0, 0.05) is 12.8 Å². The minimum Gasteiger partial charge on any atom is -0.508 e. The Morgan fingerprint density at radius 1 is 0.515 bits per heavy atom. The van der Waals surface area contributed by atoms with E-state index in [1.165, 1.54) is 36.4 Å². The van der Waals surface area contributed by atoms with Crippen molar-refractivity contribution in [1.82, 2.24) is 42.8 Å². The van der Waals surface area contributed by atoms with Gasteiger partial charge >= 0.3 is 0 Å². The average Bonchev–Trinajstić information content (AvgIpc) is 3.33. The van der Waals surface area contributed by atoms with Gasteiger partial charge in [-0.2, -0.15) is 0 Å². The number of hydrogen-bond donors (Lipinski definition) is 12. The highest BCUT2D eigenvalue weighted by atomic mass is 16.3. The van der Waals surface area contributed by atoms with Crippen molar-refractivity contribution < 1.29 is 48.6 Å². The van der Waals surface area contributed by atoms with E-state index in [9.17, 15) is 48.6 Å². The van der Waals surface area contributed by atoms with E-state index in [-0.39, 0.29) is 50.0 Å². The highest BCUT2D eigenvalue weighted by Crippen LogP contribution is 2.13. The van der Waals surface area contributed by atoms with Crippen molar-refractivity contribution in [3.63, 3.8) is 0 Å². The van der Waals surface area contributed by atoms with Crippen LogP contribution < -0.4 is 54.2 Å². The molecule has 0 spiro atoms. The maximum absolute atomic E-state index is 13.7. The first-order chi connectivity index (χ1) is 32.6. The lowest BCUT2D eigenvalue weighted by Gasteiger charge is -2.23. The van der Waals surface area contributed by atoms with Crippen LogP contribution in [0, 0.1) is 0 Å². The fourth-order valence-electron chi connectivity index (χ4n) is 6.93. The molecule has 5 rings (SSSR count). The highest BCUT2D eigenvalue weighted by Gasteiger charge is 2.29. The van der Waals surface area contributed by atoms with Crippen molar-refractivity contribution >= 4 is 47.3 Å². The van der Waals surface area contributed by atoms with Gasteiger partial charge in [-0.1, -0.05) is 97.1 Å². The Morgan fingerprint density at radius 2 is 0.868 bits per heavy atom. The second kappa shape index (κ2) is 25.6. The molecule has 0 aromatic heterocycles. The Labute approximate surface area is 392 Å². The summed E-state index contributed by atoms with van der Waals surface area (Å²) in [6.07, 6.45) is 2.56. The summed E-state index contributed by atoms with van der Waals surface area (Å²) < 4.78 is 0. The molecule has 0 saturated carbocycles. The summed E-state index contributed by atoms with van der Waals surface area (Å²) in [5.41, 5.74) is 19.6. The van der Waals surface area contributed by atoms with Gasteiger partial charge in [0.1, 0.15) is 35.7 Å². The van der Waals surface area contributed by atoms with Crippen LogP contribution in [-0.4, -0.2) is 107 Å². The second-order valence-corrected chi connectivity index (χ2v) is 16.1. The summed E-state index contributed by atoms with van der Waals surface area (Å²) in [7, 11) is 0. The smallest absolute Gasteiger partial charge is 0.261 e. The summed E-state index contributed by atoms with van der Waals surface area (Å²) in [5.74, 6) is -6.32. The first-order valence-corrected chi connectivity index (χ1v) is 21.8. The number of phenolic OH excluding ortho intramolecular Hbond substituents is 2. The van der Waals surface area contributed by atoms with E-state index < -0.39 is 96.6 Å². The molecular weight excluding hydrogens is 877 g/mol. The highest BCUT2D eigenvalue weighted by molar-refractivity contribution is 5.96. The zero-order valence-electron chi connectivity index (χ0n) is 37.0. The number of rotatable bonds is 12. The maximum atomic E-state index is 13.7. The monoisotopic (exact) mass is 932 g/mol. The van der Waals surface area contributed by atoms with Crippen LogP contribution in [0.15, 0.2) is 121 Å². The number of nitrogens with two attached hydrogens (primary N) is 2. The number of nitrogens with one attached hydrogen (secondary N) is 8. The van der Waals surface area contributed by atoms with Crippen LogP contribution in [0.1, 0.15) is 35.1 Å². The van der Waals surface area contributed by atoms with Crippen molar-refractivity contribution in [2.24, 2.45) is 11.5 Å². The minimum absolute atomic E-state index is 0.0154.